The Kier molecular flexibility index (Phi) is 3.57. The van der Waals surface area contributed by atoms with E-state index in [2.05, 4.69) is 54.0 Å². The van der Waals surface area contributed by atoms with Crippen molar-refractivity contribution in [3.8, 4) is 16.9 Å². The molecule has 0 bridgehead atoms. The number of para-hydroxylation sites is 1. The summed E-state index contributed by atoms with van der Waals surface area (Å²) in [4.78, 5) is 5.09. The van der Waals surface area contributed by atoms with E-state index in [0.717, 1.165) is 17.7 Å². The summed E-state index contributed by atoms with van der Waals surface area (Å²) in [7, 11) is 0. The molecule has 112 valence electrons. The van der Waals surface area contributed by atoms with Crippen LogP contribution in [0.3, 0.4) is 0 Å². The predicted octanol–water partition coefficient (Wildman–Crippen LogP) is 4.81. The fourth-order valence-corrected chi connectivity index (χ4v) is 3.01. The Morgan fingerprint density at radius 2 is 1.30 bits per heavy atom. The summed E-state index contributed by atoms with van der Waals surface area (Å²) in [5.41, 5.74) is 9.53. The quantitative estimate of drug-likeness (QED) is 0.503. The van der Waals surface area contributed by atoms with Gasteiger partial charge in [0.25, 0.3) is 0 Å². The molecular formula is C21H17NO. The second-order valence-corrected chi connectivity index (χ2v) is 5.58. The van der Waals surface area contributed by atoms with Crippen LogP contribution in [0, 0.1) is 0 Å². The van der Waals surface area contributed by atoms with Crippen molar-refractivity contribution in [1.29, 1.82) is 0 Å². The molecule has 2 aliphatic rings. The van der Waals surface area contributed by atoms with Gasteiger partial charge in [-0.2, -0.15) is 0 Å². The van der Waals surface area contributed by atoms with Crippen molar-refractivity contribution < 1.29 is 4.84 Å². The van der Waals surface area contributed by atoms with E-state index in [0.29, 0.717) is 0 Å². The number of benzene rings is 3. The minimum absolute atomic E-state index is 0.880. The van der Waals surface area contributed by atoms with Crippen molar-refractivity contribution in [1.82, 2.24) is 5.48 Å². The molecule has 1 heterocycles. The van der Waals surface area contributed by atoms with Crippen LogP contribution < -0.4 is 10.3 Å². The van der Waals surface area contributed by atoms with E-state index in [4.69, 9.17) is 4.84 Å². The molecule has 0 unspecified atom stereocenters. The lowest BCUT2D eigenvalue weighted by Crippen LogP contribution is -2.13. The minimum atomic E-state index is 0.880. The Hall–Kier alpha value is -3.00. The van der Waals surface area contributed by atoms with Gasteiger partial charge in [-0.3, -0.25) is 0 Å². The highest BCUT2D eigenvalue weighted by atomic mass is 16.6. The second kappa shape index (κ2) is 6.01. The van der Waals surface area contributed by atoms with Gasteiger partial charge in [0.05, 0.1) is 0 Å². The van der Waals surface area contributed by atoms with E-state index < -0.39 is 0 Å². The highest BCUT2D eigenvalue weighted by Crippen LogP contribution is 2.35. The van der Waals surface area contributed by atoms with Gasteiger partial charge in [-0.05, 0) is 40.8 Å². The lowest BCUT2D eigenvalue weighted by atomic mass is 10.1. The van der Waals surface area contributed by atoms with Gasteiger partial charge in [0.1, 0.15) is 0 Å². The summed E-state index contributed by atoms with van der Waals surface area (Å²) in [6, 6.07) is 25.2. The van der Waals surface area contributed by atoms with Crippen molar-refractivity contribution in [2.45, 2.75) is 6.42 Å². The molecule has 0 aromatic heterocycles. The molecule has 1 aliphatic heterocycles. The maximum Gasteiger partial charge on any atom is 0.162 e. The zero-order valence-electron chi connectivity index (χ0n) is 12.7. The molecule has 0 fully saturated rings. The summed E-state index contributed by atoms with van der Waals surface area (Å²) < 4.78 is 0. The third kappa shape index (κ3) is 2.71. The molecule has 23 heavy (non-hydrogen) atoms. The number of hydrogen-bond acceptors (Lipinski definition) is 2. The third-order valence-corrected chi connectivity index (χ3v) is 4.12. The molecule has 0 atom stereocenters. The van der Waals surface area contributed by atoms with Crippen LogP contribution in [0.15, 0.2) is 79.0 Å². The maximum atomic E-state index is 5.09. The lowest BCUT2D eigenvalue weighted by Gasteiger charge is -2.11. The van der Waals surface area contributed by atoms with Gasteiger partial charge in [0.15, 0.2) is 5.75 Å². The molecule has 0 saturated heterocycles. The first kappa shape index (κ1) is 13.6. The summed E-state index contributed by atoms with van der Waals surface area (Å²) in [6.07, 6.45) is 4.84. The van der Waals surface area contributed by atoms with E-state index in [1.807, 2.05) is 30.3 Å². The van der Waals surface area contributed by atoms with E-state index in [9.17, 15) is 0 Å². The first-order valence-electron chi connectivity index (χ1n) is 7.76. The van der Waals surface area contributed by atoms with E-state index in [1.54, 1.807) is 6.20 Å². The average Bonchev–Trinajstić information content (AvgIpc) is 3.01. The molecule has 2 nitrogen and oxygen atoms in total. The minimum Gasteiger partial charge on any atom is -0.382 e. The number of rotatable bonds is 0. The Bertz CT molecular complexity index is 823. The largest absolute Gasteiger partial charge is 0.382 e. The van der Waals surface area contributed by atoms with Crippen LogP contribution in [-0.4, -0.2) is 0 Å². The van der Waals surface area contributed by atoms with Crippen molar-refractivity contribution in [3.05, 3.63) is 95.7 Å². The van der Waals surface area contributed by atoms with Crippen LogP contribution in [0.1, 0.15) is 16.7 Å². The number of fused-ring (bicyclic) bond motifs is 4. The molecule has 0 amide bonds. The molecule has 2 heteroatoms. The first-order valence-corrected chi connectivity index (χ1v) is 7.76. The molecule has 0 spiro atoms. The molecule has 1 aliphatic carbocycles. The van der Waals surface area contributed by atoms with Gasteiger partial charge in [-0.25, -0.2) is 5.48 Å². The van der Waals surface area contributed by atoms with Crippen LogP contribution in [-0.2, 0) is 6.42 Å². The smallest absolute Gasteiger partial charge is 0.162 e. The monoisotopic (exact) mass is 299 g/mol. The van der Waals surface area contributed by atoms with Gasteiger partial charge in [0.2, 0.25) is 0 Å². The Morgan fingerprint density at radius 3 is 2.00 bits per heavy atom. The van der Waals surface area contributed by atoms with Gasteiger partial charge in [-0.1, -0.05) is 66.7 Å². The Balaban J connectivity index is 0.000000122. The SMILES string of the molecule is C1=Cc2ccccc2ON1.c1ccc2c(c1)Cc1ccccc1-2. The topological polar surface area (TPSA) is 21.3 Å². The standard InChI is InChI=1S/C13H10.C8H7NO/c1-3-7-12-10(5-1)9-11-6-2-4-8-13(11)12;1-2-4-8-7(3-1)5-6-9-10-8/h1-8H,9H2;1-6,9H. The molecule has 1 N–H and O–H groups in total. The van der Waals surface area contributed by atoms with Crippen LogP contribution >= 0.6 is 0 Å². The molecule has 3 aromatic carbocycles. The summed E-state index contributed by atoms with van der Waals surface area (Å²) in [6.45, 7) is 0. The van der Waals surface area contributed by atoms with Crippen LogP contribution in [0.4, 0.5) is 0 Å². The van der Waals surface area contributed by atoms with Crippen molar-refractivity contribution in [2.24, 2.45) is 0 Å². The first-order chi connectivity index (χ1) is 11.4. The fourth-order valence-electron chi connectivity index (χ4n) is 3.01. The van der Waals surface area contributed by atoms with Crippen LogP contribution in [0.5, 0.6) is 5.75 Å². The van der Waals surface area contributed by atoms with E-state index >= 15 is 0 Å². The van der Waals surface area contributed by atoms with Gasteiger partial charge >= 0.3 is 0 Å². The van der Waals surface area contributed by atoms with E-state index in [1.165, 1.54) is 22.3 Å². The third-order valence-electron chi connectivity index (χ3n) is 4.12. The number of nitrogens with one attached hydrogen (secondary N) is 1. The summed E-state index contributed by atoms with van der Waals surface area (Å²) in [5, 5.41) is 0. The Labute approximate surface area is 136 Å². The lowest BCUT2D eigenvalue weighted by molar-refractivity contribution is 0.239. The van der Waals surface area contributed by atoms with E-state index in [-0.39, 0.29) is 0 Å². The maximum absolute atomic E-state index is 5.09. The number of hydrogen-bond donors (Lipinski definition) is 1. The molecule has 0 saturated carbocycles. The van der Waals surface area contributed by atoms with Gasteiger partial charge in [-0.15, -0.1) is 0 Å². The summed E-state index contributed by atoms with van der Waals surface area (Å²) >= 11 is 0. The molecule has 0 radical (unpaired) electrons. The highest BCUT2D eigenvalue weighted by Gasteiger charge is 2.15. The molecule has 5 rings (SSSR count). The van der Waals surface area contributed by atoms with Crippen molar-refractivity contribution >= 4 is 6.08 Å². The summed E-state index contributed by atoms with van der Waals surface area (Å²) in [5.74, 6) is 0.880. The zero-order chi connectivity index (χ0) is 15.5. The highest BCUT2D eigenvalue weighted by molar-refractivity contribution is 5.76. The number of hydroxylamine groups is 1. The Morgan fingerprint density at radius 1 is 0.696 bits per heavy atom. The van der Waals surface area contributed by atoms with Gasteiger partial charge < -0.3 is 4.84 Å². The predicted molar refractivity (Wildman–Crippen MR) is 93.9 cm³/mol. The van der Waals surface area contributed by atoms with Crippen molar-refractivity contribution in [2.75, 3.05) is 0 Å². The van der Waals surface area contributed by atoms with Crippen LogP contribution in [0.2, 0.25) is 0 Å². The fraction of sp³-hybridized carbons (Fsp3) is 0.0476. The van der Waals surface area contributed by atoms with Crippen molar-refractivity contribution in [3.63, 3.8) is 0 Å². The average molecular weight is 299 g/mol. The zero-order valence-corrected chi connectivity index (χ0v) is 12.7. The second-order valence-electron chi connectivity index (χ2n) is 5.58. The van der Waals surface area contributed by atoms with Gasteiger partial charge in [0, 0.05) is 11.8 Å². The molecule has 3 aromatic rings. The normalized spacial score (nSPS) is 12.7. The van der Waals surface area contributed by atoms with Crippen LogP contribution in [0.25, 0.3) is 17.2 Å². The molecular weight excluding hydrogens is 282 g/mol.